The molecule has 0 bridgehead atoms. The Labute approximate surface area is 96.8 Å². The fourth-order valence-corrected chi connectivity index (χ4v) is 1.26. The van der Waals surface area contributed by atoms with E-state index >= 15 is 0 Å². The molecule has 0 aliphatic carbocycles. The Morgan fingerprint density at radius 3 is 3.06 bits per heavy atom. The van der Waals surface area contributed by atoms with Crippen LogP contribution in [0.1, 0.15) is 12.5 Å². The van der Waals surface area contributed by atoms with Crippen molar-refractivity contribution >= 4 is 0 Å². The van der Waals surface area contributed by atoms with Crippen LogP contribution in [0.3, 0.4) is 0 Å². The van der Waals surface area contributed by atoms with Crippen LogP contribution in [0.4, 0.5) is 0 Å². The monoisotopic (exact) mass is 221 g/mol. The van der Waals surface area contributed by atoms with Crippen molar-refractivity contribution in [2.45, 2.75) is 19.5 Å². The number of aliphatic hydroxyl groups excluding tert-OH is 1. The first-order valence-corrected chi connectivity index (χ1v) is 5.43. The van der Waals surface area contributed by atoms with E-state index in [0.29, 0.717) is 6.61 Å². The van der Waals surface area contributed by atoms with Gasteiger partial charge in [0.2, 0.25) is 0 Å². The first kappa shape index (κ1) is 12.7. The lowest BCUT2D eigenvalue weighted by Crippen LogP contribution is -2.28. The average Bonchev–Trinajstić information content (AvgIpc) is 2.34. The summed E-state index contributed by atoms with van der Waals surface area (Å²) in [6, 6.07) is 8.00. The highest BCUT2D eigenvalue weighted by atomic mass is 16.5. The van der Waals surface area contributed by atoms with Crippen LogP contribution in [0.15, 0.2) is 36.9 Å². The summed E-state index contributed by atoms with van der Waals surface area (Å²) < 4.78 is 5.43. The summed E-state index contributed by atoms with van der Waals surface area (Å²) in [6.07, 6.45) is 1.72. The molecule has 88 valence electrons. The van der Waals surface area contributed by atoms with Gasteiger partial charge in [-0.2, -0.15) is 0 Å². The Kier molecular flexibility index (Phi) is 5.61. The fraction of sp³-hybridized carbons (Fsp3) is 0.385. The molecule has 0 saturated heterocycles. The van der Waals surface area contributed by atoms with E-state index in [-0.39, 0.29) is 12.6 Å². The van der Waals surface area contributed by atoms with E-state index in [2.05, 4.69) is 11.9 Å². The topological polar surface area (TPSA) is 41.5 Å². The molecule has 0 spiro atoms. The summed E-state index contributed by atoms with van der Waals surface area (Å²) in [6.45, 7) is 6.94. The van der Waals surface area contributed by atoms with Gasteiger partial charge in [-0.15, -0.1) is 0 Å². The summed E-state index contributed by atoms with van der Waals surface area (Å²) in [5, 5.41) is 12.1. The molecule has 0 aliphatic heterocycles. The maximum Gasteiger partial charge on any atom is 0.120 e. The second-order valence-corrected chi connectivity index (χ2v) is 3.71. The predicted molar refractivity (Wildman–Crippen MR) is 65.5 cm³/mol. The van der Waals surface area contributed by atoms with Gasteiger partial charge in [0.1, 0.15) is 12.4 Å². The average molecular weight is 221 g/mol. The van der Waals surface area contributed by atoms with Crippen LogP contribution in [0, 0.1) is 0 Å². The van der Waals surface area contributed by atoms with Crippen molar-refractivity contribution < 1.29 is 9.84 Å². The highest BCUT2D eigenvalue weighted by Gasteiger charge is 2.00. The third-order valence-corrected chi connectivity index (χ3v) is 2.19. The zero-order valence-electron chi connectivity index (χ0n) is 9.65. The molecule has 3 heteroatoms. The molecule has 1 unspecified atom stereocenters. The maximum absolute atomic E-state index is 8.89. The maximum atomic E-state index is 8.89. The molecule has 0 amide bonds. The highest BCUT2D eigenvalue weighted by Crippen LogP contribution is 2.13. The van der Waals surface area contributed by atoms with Crippen molar-refractivity contribution in [3.63, 3.8) is 0 Å². The van der Waals surface area contributed by atoms with Crippen molar-refractivity contribution in [3.8, 4) is 5.75 Å². The number of nitrogens with one attached hydrogen (secondary N) is 1. The molecule has 1 atom stereocenters. The van der Waals surface area contributed by atoms with Gasteiger partial charge in [-0.05, 0) is 24.6 Å². The first-order chi connectivity index (χ1) is 7.76. The smallest absolute Gasteiger partial charge is 0.120 e. The van der Waals surface area contributed by atoms with Gasteiger partial charge in [0, 0.05) is 12.6 Å². The number of hydrogen-bond acceptors (Lipinski definition) is 3. The van der Waals surface area contributed by atoms with E-state index in [9.17, 15) is 0 Å². The number of hydrogen-bond donors (Lipinski definition) is 2. The van der Waals surface area contributed by atoms with E-state index in [1.54, 1.807) is 6.08 Å². The van der Waals surface area contributed by atoms with Crippen LogP contribution in [-0.4, -0.2) is 24.4 Å². The van der Waals surface area contributed by atoms with Gasteiger partial charge in [0.25, 0.3) is 0 Å². The molecular formula is C13H19NO2. The third kappa shape index (κ3) is 4.47. The van der Waals surface area contributed by atoms with Crippen molar-refractivity contribution in [2.75, 3.05) is 13.2 Å². The minimum Gasteiger partial charge on any atom is -0.490 e. The molecule has 0 fully saturated rings. The zero-order chi connectivity index (χ0) is 11.8. The highest BCUT2D eigenvalue weighted by molar-refractivity contribution is 5.28. The number of ether oxygens (including phenoxy) is 1. The molecule has 16 heavy (non-hydrogen) atoms. The SMILES string of the molecule is C=CCOc1cccc(CNC(C)CO)c1. The van der Waals surface area contributed by atoms with E-state index in [1.165, 1.54) is 0 Å². The number of aliphatic hydroxyl groups is 1. The zero-order valence-corrected chi connectivity index (χ0v) is 9.65. The van der Waals surface area contributed by atoms with Crippen molar-refractivity contribution in [3.05, 3.63) is 42.5 Å². The predicted octanol–water partition coefficient (Wildman–Crippen LogP) is 1.72. The van der Waals surface area contributed by atoms with E-state index < -0.39 is 0 Å². The van der Waals surface area contributed by atoms with Crippen LogP contribution < -0.4 is 10.1 Å². The lowest BCUT2D eigenvalue weighted by atomic mass is 10.2. The molecule has 0 aliphatic rings. The van der Waals surface area contributed by atoms with Gasteiger partial charge >= 0.3 is 0 Å². The summed E-state index contributed by atoms with van der Waals surface area (Å²) in [4.78, 5) is 0. The summed E-state index contributed by atoms with van der Waals surface area (Å²) in [5.74, 6) is 0.843. The van der Waals surface area contributed by atoms with Gasteiger partial charge in [-0.25, -0.2) is 0 Å². The first-order valence-electron chi connectivity index (χ1n) is 5.43. The van der Waals surface area contributed by atoms with Gasteiger partial charge in [0.15, 0.2) is 0 Å². The second-order valence-electron chi connectivity index (χ2n) is 3.71. The molecule has 2 N–H and O–H groups in total. The van der Waals surface area contributed by atoms with Crippen LogP contribution in [0.25, 0.3) is 0 Å². The Balaban J connectivity index is 2.49. The Hall–Kier alpha value is -1.32. The summed E-state index contributed by atoms with van der Waals surface area (Å²) >= 11 is 0. The van der Waals surface area contributed by atoms with E-state index in [1.807, 2.05) is 31.2 Å². The minimum atomic E-state index is 0.109. The molecule has 3 nitrogen and oxygen atoms in total. The Morgan fingerprint density at radius 1 is 1.56 bits per heavy atom. The minimum absolute atomic E-state index is 0.109. The number of benzene rings is 1. The van der Waals surface area contributed by atoms with Crippen LogP contribution in [0.2, 0.25) is 0 Å². The van der Waals surface area contributed by atoms with Crippen LogP contribution in [0.5, 0.6) is 5.75 Å². The molecule has 0 saturated carbocycles. The Bertz CT molecular complexity index is 325. The van der Waals surface area contributed by atoms with Crippen molar-refractivity contribution in [1.29, 1.82) is 0 Å². The van der Waals surface area contributed by atoms with Gasteiger partial charge < -0.3 is 15.2 Å². The van der Waals surface area contributed by atoms with Gasteiger partial charge in [0.05, 0.1) is 6.61 Å². The largest absolute Gasteiger partial charge is 0.490 e. The molecular weight excluding hydrogens is 202 g/mol. The molecule has 1 aromatic rings. The fourth-order valence-electron chi connectivity index (χ4n) is 1.26. The third-order valence-electron chi connectivity index (χ3n) is 2.19. The normalized spacial score (nSPS) is 12.1. The van der Waals surface area contributed by atoms with Crippen LogP contribution >= 0.6 is 0 Å². The van der Waals surface area contributed by atoms with Crippen LogP contribution in [-0.2, 0) is 6.54 Å². The number of rotatable bonds is 7. The van der Waals surface area contributed by atoms with Gasteiger partial charge in [-0.3, -0.25) is 0 Å². The second kappa shape index (κ2) is 7.04. The quantitative estimate of drug-likeness (QED) is 0.689. The lowest BCUT2D eigenvalue weighted by Gasteiger charge is -2.11. The lowest BCUT2D eigenvalue weighted by molar-refractivity contribution is 0.251. The summed E-state index contributed by atoms with van der Waals surface area (Å²) in [7, 11) is 0. The van der Waals surface area contributed by atoms with E-state index in [0.717, 1.165) is 17.9 Å². The standard InChI is InChI=1S/C13H19NO2/c1-3-7-16-13-6-4-5-12(8-13)9-14-11(2)10-15/h3-6,8,11,14-15H,1,7,9-10H2,2H3. The van der Waals surface area contributed by atoms with Crippen molar-refractivity contribution in [2.24, 2.45) is 0 Å². The molecule has 1 aromatic carbocycles. The molecule has 0 heterocycles. The van der Waals surface area contributed by atoms with E-state index in [4.69, 9.17) is 9.84 Å². The van der Waals surface area contributed by atoms with Gasteiger partial charge in [-0.1, -0.05) is 24.8 Å². The summed E-state index contributed by atoms with van der Waals surface area (Å²) in [5.41, 5.74) is 1.14. The molecule has 0 aromatic heterocycles. The van der Waals surface area contributed by atoms with Crippen molar-refractivity contribution in [1.82, 2.24) is 5.32 Å². The molecule has 0 radical (unpaired) electrons. The molecule has 1 rings (SSSR count). The Morgan fingerprint density at radius 2 is 2.38 bits per heavy atom.